The first-order valence-corrected chi connectivity index (χ1v) is 8.42. The van der Waals surface area contributed by atoms with Crippen LogP contribution in [-0.4, -0.2) is 32.7 Å². The first-order chi connectivity index (χ1) is 11.1. The number of ether oxygens (including phenoxy) is 2. The predicted molar refractivity (Wildman–Crippen MR) is 98.2 cm³/mol. The zero-order chi connectivity index (χ0) is 16.7. The highest BCUT2D eigenvalue weighted by Crippen LogP contribution is 2.33. The topological polar surface area (TPSA) is 59.6 Å². The maximum absolute atomic E-state index is 11.8. The lowest BCUT2D eigenvalue weighted by Gasteiger charge is -2.19. The number of benzene rings is 1. The molecule has 5 nitrogen and oxygen atoms in total. The van der Waals surface area contributed by atoms with Crippen LogP contribution >= 0.6 is 12.4 Å². The van der Waals surface area contributed by atoms with Gasteiger partial charge in [-0.05, 0) is 57.4 Å². The fourth-order valence-corrected chi connectivity index (χ4v) is 2.87. The molecule has 0 aromatic heterocycles. The summed E-state index contributed by atoms with van der Waals surface area (Å²) in [5, 5.41) is 5.97. The highest BCUT2D eigenvalue weighted by Gasteiger charge is 2.19. The van der Waals surface area contributed by atoms with Crippen molar-refractivity contribution < 1.29 is 14.3 Å². The van der Waals surface area contributed by atoms with Gasteiger partial charge in [-0.1, -0.05) is 6.07 Å². The maximum atomic E-state index is 11.8. The molecule has 136 valence electrons. The van der Waals surface area contributed by atoms with E-state index in [1.807, 2.05) is 32.2 Å². The normalized spacial score (nSPS) is 15.5. The molecular weight excluding hydrogens is 328 g/mol. The van der Waals surface area contributed by atoms with Crippen LogP contribution in [0.15, 0.2) is 18.2 Å². The van der Waals surface area contributed by atoms with Crippen LogP contribution in [0.1, 0.15) is 50.6 Å². The molecular formula is C18H29ClN2O3. The van der Waals surface area contributed by atoms with E-state index < -0.39 is 0 Å². The molecule has 24 heavy (non-hydrogen) atoms. The van der Waals surface area contributed by atoms with E-state index in [2.05, 4.69) is 10.6 Å². The summed E-state index contributed by atoms with van der Waals surface area (Å²) in [5.41, 5.74) is 1.01. The summed E-state index contributed by atoms with van der Waals surface area (Å²) in [5.74, 6) is 1.56. The molecule has 1 saturated carbocycles. The van der Waals surface area contributed by atoms with Gasteiger partial charge in [0.1, 0.15) is 0 Å². The lowest BCUT2D eigenvalue weighted by atomic mass is 10.1. The number of nitrogens with one attached hydrogen (secondary N) is 2. The molecule has 0 spiro atoms. The Hall–Kier alpha value is -1.46. The summed E-state index contributed by atoms with van der Waals surface area (Å²) >= 11 is 0. The van der Waals surface area contributed by atoms with E-state index in [0.29, 0.717) is 19.1 Å². The van der Waals surface area contributed by atoms with Crippen LogP contribution in [0.3, 0.4) is 0 Å². The summed E-state index contributed by atoms with van der Waals surface area (Å²) in [4.78, 5) is 11.8. The molecule has 0 heterocycles. The summed E-state index contributed by atoms with van der Waals surface area (Å²) in [6, 6.07) is 5.83. The average Bonchev–Trinajstić information content (AvgIpc) is 3.06. The van der Waals surface area contributed by atoms with Gasteiger partial charge in [0.05, 0.1) is 19.3 Å². The van der Waals surface area contributed by atoms with Crippen LogP contribution in [-0.2, 0) is 4.79 Å². The van der Waals surface area contributed by atoms with Crippen molar-refractivity contribution in [3.8, 4) is 11.5 Å². The Morgan fingerprint density at radius 2 is 2.00 bits per heavy atom. The van der Waals surface area contributed by atoms with Crippen LogP contribution in [0.2, 0.25) is 0 Å². The minimum atomic E-state index is -0.0613. The number of methoxy groups -OCH3 is 1. The van der Waals surface area contributed by atoms with Crippen molar-refractivity contribution >= 4 is 18.3 Å². The van der Waals surface area contributed by atoms with Gasteiger partial charge in [-0.15, -0.1) is 12.4 Å². The van der Waals surface area contributed by atoms with Crippen molar-refractivity contribution in [2.75, 3.05) is 20.7 Å². The van der Waals surface area contributed by atoms with Crippen molar-refractivity contribution in [1.82, 2.24) is 10.6 Å². The average molecular weight is 357 g/mol. The van der Waals surface area contributed by atoms with E-state index in [1.165, 1.54) is 12.8 Å². The Morgan fingerprint density at radius 3 is 2.62 bits per heavy atom. The second kappa shape index (κ2) is 10.4. The molecule has 1 aliphatic rings. The second-order valence-corrected chi connectivity index (χ2v) is 6.08. The van der Waals surface area contributed by atoms with Gasteiger partial charge >= 0.3 is 0 Å². The highest BCUT2D eigenvalue weighted by molar-refractivity contribution is 5.85. The van der Waals surface area contributed by atoms with Gasteiger partial charge in [-0.2, -0.15) is 0 Å². The summed E-state index contributed by atoms with van der Waals surface area (Å²) in [7, 11) is 3.49. The van der Waals surface area contributed by atoms with Gasteiger partial charge in [0.2, 0.25) is 5.91 Å². The van der Waals surface area contributed by atoms with Crippen LogP contribution in [0.5, 0.6) is 11.5 Å². The second-order valence-electron chi connectivity index (χ2n) is 6.08. The first-order valence-electron chi connectivity index (χ1n) is 8.42. The zero-order valence-electron chi connectivity index (χ0n) is 14.8. The Labute approximate surface area is 150 Å². The van der Waals surface area contributed by atoms with Crippen molar-refractivity contribution in [3.05, 3.63) is 23.8 Å². The smallest absolute Gasteiger partial charge is 0.221 e. The first kappa shape index (κ1) is 20.6. The molecule has 1 amide bonds. The van der Waals surface area contributed by atoms with E-state index in [0.717, 1.165) is 29.9 Å². The lowest BCUT2D eigenvalue weighted by Crippen LogP contribution is -2.29. The minimum Gasteiger partial charge on any atom is -0.493 e. The van der Waals surface area contributed by atoms with E-state index >= 15 is 0 Å². The molecule has 0 aliphatic heterocycles. The van der Waals surface area contributed by atoms with Gasteiger partial charge < -0.3 is 20.1 Å². The quantitative estimate of drug-likeness (QED) is 0.750. The molecule has 1 fully saturated rings. The van der Waals surface area contributed by atoms with Crippen molar-refractivity contribution in [2.24, 2.45) is 0 Å². The largest absolute Gasteiger partial charge is 0.493 e. The van der Waals surface area contributed by atoms with Crippen molar-refractivity contribution in [1.29, 1.82) is 0 Å². The fraction of sp³-hybridized carbons (Fsp3) is 0.611. The molecule has 2 rings (SSSR count). The number of amides is 1. The monoisotopic (exact) mass is 356 g/mol. The van der Waals surface area contributed by atoms with Crippen LogP contribution in [0.25, 0.3) is 0 Å². The molecule has 6 heteroatoms. The van der Waals surface area contributed by atoms with Crippen LogP contribution < -0.4 is 20.1 Å². The predicted octanol–water partition coefficient (Wildman–Crippen LogP) is 3.23. The number of carbonyl (C=O) groups excluding carboxylic acids is 1. The molecule has 1 aliphatic carbocycles. The van der Waals surface area contributed by atoms with Gasteiger partial charge in [0.25, 0.3) is 0 Å². The molecule has 0 saturated heterocycles. The third kappa shape index (κ3) is 5.87. The lowest BCUT2D eigenvalue weighted by molar-refractivity contribution is -0.121. The fourth-order valence-electron chi connectivity index (χ4n) is 2.87. The number of halogens is 1. The summed E-state index contributed by atoms with van der Waals surface area (Å²) < 4.78 is 11.5. The maximum Gasteiger partial charge on any atom is 0.221 e. The van der Waals surface area contributed by atoms with E-state index in [-0.39, 0.29) is 24.4 Å². The third-order valence-electron chi connectivity index (χ3n) is 4.26. The van der Waals surface area contributed by atoms with E-state index in [4.69, 9.17) is 9.47 Å². The summed E-state index contributed by atoms with van der Waals surface area (Å²) in [6.07, 6.45) is 5.47. The highest BCUT2D eigenvalue weighted by atomic mass is 35.5. The van der Waals surface area contributed by atoms with Gasteiger partial charge in [-0.25, -0.2) is 0 Å². The van der Waals surface area contributed by atoms with E-state index in [9.17, 15) is 4.79 Å². The molecule has 1 atom stereocenters. The molecule has 0 radical (unpaired) electrons. The number of hydrogen-bond acceptors (Lipinski definition) is 4. The SMILES string of the molecule is CNCCC(=O)NC(C)c1ccc(OC2CCCC2)c(OC)c1.Cl. The molecule has 0 bridgehead atoms. The number of hydrogen-bond donors (Lipinski definition) is 2. The molecule has 1 aromatic carbocycles. The molecule has 1 unspecified atom stereocenters. The van der Waals surface area contributed by atoms with E-state index in [1.54, 1.807) is 7.11 Å². The van der Waals surface area contributed by atoms with Gasteiger partial charge in [0, 0.05) is 13.0 Å². The summed E-state index contributed by atoms with van der Waals surface area (Å²) in [6.45, 7) is 2.65. The van der Waals surface area contributed by atoms with Crippen LogP contribution in [0.4, 0.5) is 0 Å². The van der Waals surface area contributed by atoms with Gasteiger partial charge in [0.15, 0.2) is 11.5 Å². The number of carbonyl (C=O) groups is 1. The zero-order valence-corrected chi connectivity index (χ0v) is 15.6. The Balaban J connectivity index is 0.00000288. The van der Waals surface area contributed by atoms with Gasteiger partial charge in [-0.3, -0.25) is 4.79 Å². The van der Waals surface area contributed by atoms with Crippen molar-refractivity contribution in [3.63, 3.8) is 0 Å². The third-order valence-corrected chi connectivity index (χ3v) is 4.26. The molecule has 1 aromatic rings. The standard InChI is InChI=1S/C18H28N2O3.ClH/c1-13(20-18(21)10-11-19-2)14-8-9-16(17(12-14)22-3)23-15-6-4-5-7-15;/h8-9,12-13,15,19H,4-7,10-11H2,1-3H3,(H,20,21);1H. The Morgan fingerprint density at radius 1 is 1.29 bits per heavy atom. The number of rotatable bonds is 8. The Kier molecular flexibility index (Phi) is 8.93. The molecule has 2 N–H and O–H groups in total. The Bertz CT molecular complexity index is 519. The minimum absolute atomic E-state index is 0. The van der Waals surface area contributed by atoms with Crippen molar-refractivity contribution in [2.45, 2.75) is 51.2 Å². The van der Waals surface area contributed by atoms with Crippen LogP contribution in [0, 0.1) is 0 Å².